The second-order valence-electron chi connectivity index (χ2n) is 3.89. The number of aromatic nitrogens is 2. The second-order valence-corrected chi connectivity index (χ2v) is 3.89. The Balaban J connectivity index is 2.98. The van der Waals surface area contributed by atoms with Crippen LogP contribution in [0.3, 0.4) is 0 Å². The average molecular weight is 197 g/mol. The SMILES string of the molecule is Cc1nc([C@@H](C)N)cn1C(C)C(C)O. The highest BCUT2D eigenvalue weighted by Gasteiger charge is 2.15. The van der Waals surface area contributed by atoms with Crippen LogP contribution < -0.4 is 5.73 Å². The van der Waals surface area contributed by atoms with Gasteiger partial charge < -0.3 is 15.4 Å². The molecule has 2 unspecified atom stereocenters. The lowest BCUT2D eigenvalue weighted by Gasteiger charge is -2.17. The van der Waals surface area contributed by atoms with Crippen molar-refractivity contribution in [1.29, 1.82) is 0 Å². The molecule has 0 amide bonds. The average Bonchev–Trinajstić information content (AvgIpc) is 2.46. The molecule has 3 N–H and O–H groups in total. The van der Waals surface area contributed by atoms with Crippen molar-refractivity contribution in [2.75, 3.05) is 0 Å². The minimum Gasteiger partial charge on any atom is -0.391 e. The molecule has 0 radical (unpaired) electrons. The van der Waals surface area contributed by atoms with Gasteiger partial charge in [-0.2, -0.15) is 0 Å². The van der Waals surface area contributed by atoms with Crippen molar-refractivity contribution in [3.05, 3.63) is 17.7 Å². The van der Waals surface area contributed by atoms with Crippen LogP contribution in [0.5, 0.6) is 0 Å². The van der Waals surface area contributed by atoms with Crippen molar-refractivity contribution in [2.24, 2.45) is 5.73 Å². The molecule has 4 heteroatoms. The van der Waals surface area contributed by atoms with E-state index in [4.69, 9.17) is 5.73 Å². The number of aryl methyl sites for hydroxylation is 1. The van der Waals surface area contributed by atoms with E-state index in [1.165, 1.54) is 0 Å². The monoisotopic (exact) mass is 197 g/mol. The van der Waals surface area contributed by atoms with Crippen LogP contribution in [0.1, 0.15) is 44.4 Å². The van der Waals surface area contributed by atoms with Gasteiger partial charge in [-0.1, -0.05) is 0 Å². The standard InChI is InChI=1S/C10H19N3O/c1-6(11)10-5-13(9(4)12-10)7(2)8(3)14/h5-8,14H,11H2,1-4H3/t6-,7?,8?/m1/s1. The Hall–Kier alpha value is -0.870. The number of aliphatic hydroxyl groups excluding tert-OH is 1. The first kappa shape index (κ1) is 11.2. The highest BCUT2D eigenvalue weighted by atomic mass is 16.3. The summed E-state index contributed by atoms with van der Waals surface area (Å²) >= 11 is 0. The van der Waals surface area contributed by atoms with Crippen molar-refractivity contribution in [1.82, 2.24) is 9.55 Å². The molecule has 1 aromatic heterocycles. The van der Waals surface area contributed by atoms with Crippen LogP contribution in [0.4, 0.5) is 0 Å². The lowest BCUT2D eigenvalue weighted by molar-refractivity contribution is 0.138. The van der Waals surface area contributed by atoms with Crippen molar-refractivity contribution >= 4 is 0 Å². The molecule has 0 fully saturated rings. The Kier molecular flexibility index (Phi) is 3.29. The molecule has 1 aromatic rings. The Bertz CT molecular complexity index is 304. The van der Waals surface area contributed by atoms with Crippen molar-refractivity contribution in [3.8, 4) is 0 Å². The smallest absolute Gasteiger partial charge is 0.106 e. The van der Waals surface area contributed by atoms with Gasteiger partial charge in [0.2, 0.25) is 0 Å². The number of imidazole rings is 1. The fraction of sp³-hybridized carbons (Fsp3) is 0.700. The van der Waals surface area contributed by atoms with E-state index in [1.54, 1.807) is 6.92 Å². The third-order valence-electron chi connectivity index (χ3n) is 2.54. The molecule has 4 nitrogen and oxygen atoms in total. The van der Waals surface area contributed by atoms with Crippen molar-refractivity contribution < 1.29 is 5.11 Å². The third-order valence-corrected chi connectivity index (χ3v) is 2.54. The molecule has 0 aromatic carbocycles. The molecule has 14 heavy (non-hydrogen) atoms. The molecule has 0 aliphatic heterocycles. The van der Waals surface area contributed by atoms with Gasteiger partial charge in [-0.25, -0.2) is 4.98 Å². The summed E-state index contributed by atoms with van der Waals surface area (Å²) in [5.41, 5.74) is 6.60. The molecule has 3 atom stereocenters. The molecule has 0 aliphatic rings. The predicted octanol–water partition coefficient (Wildman–Crippen LogP) is 1.15. The van der Waals surface area contributed by atoms with E-state index in [1.807, 2.05) is 31.5 Å². The topological polar surface area (TPSA) is 64.1 Å². The third kappa shape index (κ3) is 2.13. The molecular weight excluding hydrogens is 178 g/mol. The van der Waals surface area contributed by atoms with Gasteiger partial charge in [-0.3, -0.25) is 0 Å². The molecule has 80 valence electrons. The van der Waals surface area contributed by atoms with Gasteiger partial charge >= 0.3 is 0 Å². The summed E-state index contributed by atoms with van der Waals surface area (Å²) in [7, 11) is 0. The molecular formula is C10H19N3O. The number of hydrogen-bond acceptors (Lipinski definition) is 3. The van der Waals surface area contributed by atoms with Gasteiger partial charge in [0.05, 0.1) is 17.8 Å². The fourth-order valence-corrected chi connectivity index (χ4v) is 1.37. The van der Waals surface area contributed by atoms with Gasteiger partial charge in [0.25, 0.3) is 0 Å². The molecule has 0 spiro atoms. The van der Waals surface area contributed by atoms with E-state index < -0.39 is 0 Å². The first-order valence-corrected chi connectivity index (χ1v) is 4.92. The van der Waals surface area contributed by atoms with Gasteiger partial charge in [0, 0.05) is 12.2 Å². The summed E-state index contributed by atoms with van der Waals surface area (Å²) in [6, 6.07) is -0.0221. The number of nitrogens with zero attached hydrogens (tertiary/aromatic N) is 2. The Morgan fingerprint density at radius 2 is 2.00 bits per heavy atom. The first-order chi connectivity index (χ1) is 6.43. The van der Waals surface area contributed by atoms with E-state index in [-0.39, 0.29) is 18.2 Å². The Morgan fingerprint density at radius 3 is 2.36 bits per heavy atom. The highest BCUT2D eigenvalue weighted by Crippen LogP contribution is 2.17. The van der Waals surface area contributed by atoms with Gasteiger partial charge in [-0.15, -0.1) is 0 Å². The summed E-state index contributed by atoms with van der Waals surface area (Å²) in [5, 5.41) is 9.47. The molecule has 0 saturated carbocycles. The molecule has 1 rings (SSSR count). The normalized spacial score (nSPS) is 17.9. The maximum Gasteiger partial charge on any atom is 0.106 e. The van der Waals surface area contributed by atoms with Gasteiger partial charge in [0.15, 0.2) is 0 Å². The van der Waals surface area contributed by atoms with E-state index in [0.717, 1.165) is 11.5 Å². The predicted molar refractivity (Wildman–Crippen MR) is 56.0 cm³/mol. The largest absolute Gasteiger partial charge is 0.391 e. The zero-order chi connectivity index (χ0) is 10.9. The lowest BCUT2D eigenvalue weighted by atomic mass is 10.2. The molecule has 0 bridgehead atoms. The van der Waals surface area contributed by atoms with Crippen molar-refractivity contribution in [2.45, 2.75) is 45.9 Å². The van der Waals surface area contributed by atoms with Crippen LogP contribution in [0.2, 0.25) is 0 Å². The van der Waals surface area contributed by atoms with Crippen molar-refractivity contribution in [3.63, 3.8) is 0 Å². The summed E-state index contributed by atoms with van der Waals surface area (Å²) in [6.45, 7) is 7.56. The van der Waals surface area contributed by atoms with Gasteiger partial charge in [-0.05, 0) is 27.7 Å². The summed E-state index contributed by atoms with van der Waals surface area (Å²) < 4.78 is 1.96. The van der Waals surface area contributed by atoms with Crippen LogP contribution in [-0.2, 0) is 0 Å². The number of aliphatic hydroxyl groups is 1. The molecule has 0 aliphatic carbocycles. The number of hydrogen-bond donors (Lipinski definition) is 2. The quantitative estimate of drug-likeness (QED) is 0.764. The summed E-state index contributed by atoms with van der Waals surface area (Å²) in [4.78, 5) is 4.34. The zero-order valence-corrected chi connectivity index (χ0v) is 9.23. The van der Waals surface area contributed by atoms with Crippen LogP contribution in [0.15, 0.2) is 6.20 Å². The van der Waals surface area contributed by atoms with Gasteiger partial charge in [0.1, 0.15) is 5.82 Å². The fourth-order valence-electron chi connectivity index (χ4n) is 1.37. The lowest BCUT2D eigenvalue weighted by Crippen LogP contribution is -2.18. The number of nitrogens with two attached hydrogens (primary N) is 1. The van der Waals surface area contributed by atoms with E-state index in [2.05, 4.69) is 4.98 Å². The van der Waals surface area contributed by atoms with E-state index >= 15 is 0 Å². The zero-order valence-electron chi connectivity index (χ0n) is 9.23. The molecule has 1 heterocycles. The Morgan fingerprint density at radius 1 is 1.43 bits per heavy atom. The summed E-state index contributed by atoms with van der Waals surface area (Å²) in [5.74, 6) is 0.894. The second kappa shape index (κ2) is 4.11. The highest BCUT2D eigenvalue weighted by molar-refractivity contribution is 5.08. The van der Waals surface area contributed by atoms with E-state index in [9.17, 15) is 5.11 Å². The Labute approximate surface area is 84.8 Å². The number of rotatable bonds is 3. The van der Waals surface area contributed by atoms with Crippen LogP contribution in [0.25, 0.3) is 0 Å². The minimum absolute atomic E-state index is 0.0370. The maximum absolute atomic E-state index is 9.47. The molecule has 0 saturated heterocycles. The minimum atomic E-state index is -0.385. The van der Waals surface area contributed by atoms with E-state index in [0.29, 0.717) is 0 Å². The summed E-state index contributed by atoms with van der Waals surface area (Å²) in [6.07, 6.45) is 1.53. The van der Waals surface area contributed by atoms with Crippen LogP contribution >= 0.6 is 0 Å². The maximum atomic E-state index is 9.47. The first-order valence-electron chi connectivity index (χ1n) is 4.92. The van der Waals surface area contributed by atoms with Crippen LogP contribution in [-0.4, -0.2) is 20.8 Å². The van der Waals surface area contributed by atoms with Crippen LogP contribution in [0, 0.1) is 6.92 Å².